The first kappa shape index (κ1) is 14.3. The lowest BCUT2D eigenvalue weighted by molar-refractivity contribution is 0.195. The number of benzene rings is 1. The number of piperazine rings is 1. The average molecular weight is 283 g/mol. The molecule has 0 atom stereocenters. The van der Waals surface area contributed by atoms with Gasteiger partial charge >= 0.3 is 0 Å². The van der Waals surface area contributed by atoms with Gasteiger partial charge in [0.05, 0.1) is 6.26 Å². The summed E-state index contributed by atoms with van der Waals surface area (Å²) in [7, 11) is -3.02. The van der Waals surface area contributed by atoms with Gasteiger partial charge in [0.25, 0.3) is 0 Å². The van der Waals surface area contributed by atoms with E-state index in [-0.39, 0.29) is 0 Å². The molecule has 1 heterocycles. The maximum Gasteiger partial charge on any atom is 0.211 e. The standard InChI is InChI=1S/C13H21N3O2S/c1-19(17,18)16-11-9-15(10-12-16)8-7-14-13-5-3-2-4-6-13/h2-6,14H,7-12H2,1H3. The molecule has 1 N–H and O–H groups in total. The fraction of sp³-hybridized carbons (Fsp3) is 0.538. The molecular weight excluding hydrogens is 262 g/mol. The molecule has 0 amide bonds. The summed E-state index contributed by atoms with van der Waals surface area (Å²) in [4.78, 5) is 2.29. The van der Waals surface area contributed by atoms with E-state index in [2.05, 4.69) is 10.2 Å². The van der Waals surface area contributed by atoms with Crippen LogP contribution < -0.4 is 5.32 Å². The van der Waals surface area contributed by atoms with Crippen LogP contribution in [0.25, 0.3) is 0 Å². The molecule has 2 rings (SSSR count). The van der Waals surface area contributed by atoms with Crippen molar-refractivity contribution in [3.05, 3.63) is 30.3 Å². The highest BCUT2D eigenvalue weighted by Gasteiger charge is 2.22. The summed E-state index contributed by atoms with van der Waals surface area (Å²) in [6, 6.07) is 10.1. The summed E-state index contributed by atoms with van der Waals surface area (Å²) >= 11 is 0. The highest BCUT2D eigenvalue weighted by atomic mass is 32.2. The SMILES string of the molecule is CS(=O)(=O)N1CCN(CCNc2ccccc2)CC1. The van der Waals surface area contributed by atoms with Crippen LogP contribution in [0.4, 0.5) is 5.69 Å². The molecule has 6 heteroatoms. The Morgan fingerprint density at radius 3 is 2.32 bits per heavy atom. The van der Waals surface area contributed by atoms with E-state index in [1.807, 2.05) is 30.3 Å². The van der Waals surface area contributed by atoms with Gasteiger partial charge < -0.3 is 5.32 Å². The summed E-state index contributed by atoms with van der Waals surface area (Å²) in [5.74, 6) is 0. The largest absolute Gasteiger partial charge is 0.384 e. The average Bonchev–Trinajstić information content (AvgIpc) is 2.39. The third-order valence-electron chi connectivity index (χ3n) is 3.33. The van der Waals surface area contributed by atoms with Crippen molar-refractivity contribution >= 4 is 15.7 Å². The molecule has 1 saturated heterocycles. The number of hydrogen-bond acceptors (Lipinski definition) is 4. The Kier molecular flexibility index (Phi) is 4.79. The topological polar surface area (TPSA) is 52.7 Å². The normalized spacial score (nSPS) is 18.4. The summed E-state index contributed by atoms with van der Waals surface area (Å²) < 4.78 is 24.3. The van der Waals surface area contributed by atoms with E-state index in [4.69, 9.17) is 0 Å². The van der Waals surface area contributed by atoms with Crippen LogP contribution in [0.15, 0.2) is 30.3 Å². The summed E-state index contributed by atoms with van der Waals surface area (Å²) in [6.45, 7) is 4.64. The Bertz CT molecular complexity index is 482. The van der Waals surface area contributed by atoms with Gasteiger partial charge in [0.15, 0.2) is 0 Å². The predicted octanol–water partition coefficient (Wildman–Crippen LogP) is 0.676. The number of rotatable bonds is 5. The maximum atomic E-state index is 11.4. The second kappa shape index (κ2) is 6.36. The Balaban J connectivity index is 1.69. The van der Waals surface area contributed by atoms with E-state index in [9.17, 15) is 8.42 Å². The minimum absolute atomic E-state index is 0.601. The molecule has 1 aliphatic heterocycles. The fourth-order valence-electron chi connectivity index (χ4n) is 2.20. The minimum Gasteiger partial charge on any atom is -0.384 e. The van der Waals surface area contributed by atoms with Crippen LogP contribution >= 0.6 is 0 Å². The van der Waals surface area contributed by atoms with Crippen LogP contribution in [0.3, 0.4) is 0 Å². The second-order valence-electron chi connectivity index (χ2n) is 4.80. The number of nitrogens with one attached hydrogen (secondary N) is 1. The van der Waals surface area contributed by atoms with Crippen LogP contribution in [0.5, 0.6) is 0 Å². The third kappa shape index (κ3) is 4.49. The zero-order chi connectivity index (χ0) is 13.7. The van der Waals surface area contributed by atoms with Gasteiger partial charge in [0.1, 0.15) is 0 Å². The van der Waals surface area contributed by atoms with E-state index in [1.165, 1.54) is 6.26 Å². The van der Waals surface area contributed by atoms with Crippen molar-refractivity contribution in [1.29, 1.82) is 0 Å². The third-order valence-corrected chi connectivity index (χ3v) is 4.63. The van der Waals surface area contributed by atoms with Crippen LogP contribution in [0.2, 0.25) is 0 Å². The van der Waals surface area contributed by atoms with Crippen molar-refractivity contribution in [2.24, 2.45) is 0 Å². The summed E-state index contributed by atoms with van der Waals surface area (Å²) in [5, 5.41) is 3.36. The Morgan fingerprint density at radius 2 is 1.74 bits per heavy atom. The Morgan fingerprint density at radius 1 is 1.11 bits per heavy atom. The van der Waals surface area contributed by atoms with Crippen molar-refractivity contribution in [3.63, 3.8) is 0 Å². The van der Waals surface area contributed by atoms with Crippen LogP contribution in [-0.4, -0.2) is 63.1 Å². The smallest absolute Gasteiger partial charge is 0.211 e. The highest BCUT2D eigenvalue weighted by molar-refractivity contribution is 7.88. The van der Waals surface area contributed by atoms with Crippen molar-refractivity contribution in [2.45, 2.75) is 0 Å². The van der Waals surface area contributed by atoms with Gasteiger partial charge in [-0.15, -0.1) is 0 Å². The van der Waals surface area contributed by atoms with E-state index < -0.39 is 10.0 Å². The van der Waals surface area contributed by atoms with Gasteiger partial charge in [-0.25, -0.2) is 8.42 Å². The molecular formula is C13H21N3O2S. The van der Waals surface area contributed by atoms with Gasteiger partial charge in [-0.3, -0.25) is 4.90 Å². The molecule has 0 aliphatic carbocycles. The molecule has 106 valence electrons. The Labute approximate surface area is 115 Å². The molecule has 1 fully saturated rings. The zero-order valence-corrected chi connectivity index (χ0v) is 12.1. The quantitative estimate of drug-likeness (QED) is 0.863. The molecule has 1 aromatic carbocycles. The molecule has 1 aliphatic rings. The van der Waals surface area contributed by atoms with E-state index in [1.54, 1.807) is 4.31 Å². The number of anilines is 1. The first-order valence-electron chi connectivity index (χ1n) is 6.52. The van der Waals surface area contributed by atoms with Gasteiger partial charge in [0, 0.05) is 45.0 Å². The molecule has 0 radical (unpaired) electrons. The minimum atomic E-state index is -3.02. The van der Waals surface area contributed by atoms with E-state index >= 15 is 0 Å². The number of hydrogen-bond donors (Lipinski definition) is 1. The molecule has 5 nitrogen and oxygen atoms in total. The van der Waals surface area contributed by atoms with Gasteiger partial charge in [0.2, 0.25) is 10.0 Å². The number of para-hydroxylation sites is 1. The summed E-state index contributed by atoms with van der Waals surface area (Å²) in [6.07, 6.45) is 1.28. The van der Waals surface area contributed by atoms with Crippen molar-refractivity contribution in [2.75, 3.05) is 50.8 Å². The lowest BCUT2D eigenvalue weighted by atomic mass is 10.3. The first-order chi connectivity index (χ1) is 9.05. The molecule has 0 aromatic heterocycles. The van der Waals surface area contributed by atoms with Gasteiger partial charge in [-0.2, -0.15) is 4.31 Å². The molecule has 0 saturated carbocycles. The van der Waals surface area contributed by atoms with E-state index in [0.717, 1.165) is 31.9 Å². The highest BCUT2D eigenvalue weighted by Crippen LogP contribution is 2.07. The second-order valence-corrected chi connectivity index (χ2v) is 6.78. The molecule has 19 heavy (non-hydrogen) atoms. The predicted molar refractivity (Wildman–Crippen MR) is 77.8 cm³/mol. The van der Waals surface area contributed by atoms with Crippen molar-refractivity contribution < 1.29 is 8.42 Å². The number of sulfonamides is 1. The summed E-state index contributed by atoms with van der Waals surface area (Å²) in [5.41, 5.74) is 1.12. The molecule has 0 spiro atoms. The van der Waals surface area contributed by atoms with Crippen LogP contribution in [-0.2, 0) is 10.0 Å². The maximum absolute atomic E-state index is 11.4. The fourth-order valence-corrected chi connectivity index (χ4v) is 3.03. The molecule has 0 bridgehead atoms. The first-order valence-corrected chi connectivity index (χ1v) is 8.37. The van der Waals surface area contributed by atoms with E-state index in [0.29, 0.717) is 13.1 Å². The monoisotopic (exact) mass is 283 g/mol. The van der Waals surface area contributed by atoms with Crippen molar-refractivity contribution in [1.82, 2.24) is 9.21 Å². The van der Waals surface area contributed by atoms with Crippen LogP contribution in [0.1, 0.15) is 0 Å². The van der Waals surface area contributed by atoms with Gasteiger partial charge in [-0.1, -0.05) is 18.2 Å². The Hall–Kier alpha value is -1.11. The lowest BCUT2D eigenvalue weighted by Gasteiger charge is -2.33. The van der Waals surface area contributed by atoms with Crippen molar-refractivity contribution in [3.8, 4) is 0 Å². The lowest BCUT2D eigenvalue weighted by Crippen LogP contribution is -2.49. The van der Waals surface area contributed by atoms with Crippen LogP contribution in [0, 0.1) is 0 Å². The van der Waals surface area contributed by atoms with Gasteiger partial charge in [-0.05, 0) is 12.1 Å². The number of nitrogens with zero attached hydrogens (tertiary/aromatic N) is 2. The zero-order valence-electron chi connectivity index (χ0n) is 11.2. The molecule has 1 aromatic rings. The molecule has 0 unspecified atom stereocenters.